The molecule has 0 bridgehead atoms. The van der Waals surface area contributed by atoms with Crippen molar-refractivity contribution in [3.05, 3.63) is 17.0 Å². The van der Waals surface area contributed by atoms with Gasteiger partial charge >= 0.3 is 0 Å². The van der Waals surface area contributed by atoms with Gasteiger partial charge in [-0.2, -0.15) is 11.8 Å². The van der Waals surface area contributed by atoms with E-state index in [1.165, 1.54) is 6.33 Å². The molecular formula is C12H20ClN3S. The molecule has 0 aliphatic heterocycles. The van der Waals surface area contributed by atoms with E-state index in [9.17, 15) is 0 Å². The molecule has 0 saturated heterocycles. The lowest BCUT2D eigenvalue weighted by molar-refractivity contribution is 0.747. The Labute approximate surface area is 113 Å². The second-order valence-electron chi connectivity index (χ2n) is 4.56. The Morgan fingerprint density at radius 2 is 2.12 bits per heavy atom. The van der Waals surface area contributed by atoms with Crippen molar-refractivity contribution in [3.8, 4) is 0 Å². The van der Waals surface area contributed by atoms with E-state index in [4.69, 9.17) is 11.6 Å². The van der Waals surface area contributed by atoms with E-state index in [1.54, 1.807) is 0 Å². The SMILES string of the molecule is CCCc1c(Cl)ncnc1NCC(C)(C)SC. The molecule has 0 fully saturated rings. The zero-order valence-corrected chi connectivity index (χ0v) is 12.5. The lowest BCUT2D eigenvalue weighted by atomic mass is 10.1. The largest absolute Gasteiger partial charge is 0.368 e. The Morgan fingerprint density at radius 3 is 2.71 bits per heavy atom. The maximum atomic E-state index is 6.10. The van der Waals surface area contributed by atoms with Gasteiger partial charge in [-0.3, -0.25) is 0 Å². The van der Waals surface area contributed by atoms with Crippen LogP contribution in [0.2, 0.25) is 5.15 Å². The van der Waals surface area contributed by atoms with Crippen LogP contribution in [0.4, 0.5) is 5.82 Å². The number of nitrogens with one attached hydrogen (secondary N) is 1. The van der Waals surface area contributed by atoms with Gasteiger partial charge in [-0.05, 0) is 26.5 Å². The summed E-state index contributed by atoms with van der Waals surface area (Å²) in [6.45, 7) is 7.39. The van der Waals surface area contributed by atoms with Crippen LogP contribution in [0.1, 0.15) is 32.8 Å². The van der Waals surface area contributed by atoms with Crippen LogP contribution in [0, 0.1) is 0 Å². The minimum Gasteiger partial charge on any atom is -0.368 e. The summed E-state index contributed by atoms with van der Waals surface area (Å²) in [7, 11) is 0. The highest BCUT2D eigenvalue weighted by Gasteiger charge is 2.17. The number of anilines is 1. The molecule has 0 amide bonds. The lowest BCUT2D eigenvalue weighted by Gasteiger charge is -2.23. The molecule has 0 unspecified atom stereocenters. The van der Waals surface area contributed by atoms with Crippen LogP contribution in [0.5, 0.6) is 0 Å². The third-order valence-corrected chi connectivity index (χ3v) is 4.20. The first-order valence-electron chi connectivity index (χ1n) is 5.78. The average molecular weight is 274 g/mol. The summed E-state index contributed by atoms with van der Waals surface area (Å²) in [4.78, 5) is 8.31. The van der Waals surface area contributed by atoms with Crippen molar-refractivity contribution >= 4 is 29.2 Å². The van der Waals surface area contributed by atoms with Crippen LogP contribution in [-0.4, -0.2) is 27.5 Å². The highest BCUT2D eigenvalue weighted by molar-refractivity contribution is 7.99. The van der Waals surface area contributed by atoms with Crippen molar-refractivity contribution in [2.75, 3.05) is 18.1 Å². The zero-order chi connectivity index (χ0) is 12.9. The summed E-state index contributed by atoms with van der Waals surface area (Å²) >= 11 is 7.93. The van der Waals surface area contributed by atoms with Gasteiger partial charge in [-0.15, -0.1) is 0 Å². The molecule has 1 aromatic heterocycles. The third-order valence-electron chi connectivity index (χ3n) is 2.63. The van der Waals surface area contributed by atoms with Crippen LogP contribution >= 0.6 is 23.4 Å². The Morgan fingerprint density at radius 1 is 1.41 bits per heavy atom. The molecule has 5 heteroatoms. The Hall–Kier alpha value is -0.480. The topological polar surface area (TPSA) is 37.8 Å². The highest BCUT2D eigenvalue weighted by Crippen LogP contribution is 2.25. The highest BCUT2D eigenvalue weighted by atomic mass is 35.5. The molecule has 17 heavy (non-hydrogen) atoms. The van der Waals surface area contributed by atoms with E-state index in [1.807, 2.05) is 11.8 Å². The first kappa shape index (κ1) is 14.6. The lowest BCUT2D eigenvalue weighted by Crippen LogP contribution is -2.26. The van der Waals surface area contributed by atoms with E-state index in [-0.39, 0.29) is 4.75 Å². The van der Waals surface area contributed by atoms with Crippen LogP contribution in [0.15, 0.2) is 6.33 Å². The van der Waals surface area contributed by atoms with Crippen molar-refractivity contribution in [2.24, 2.45) is 0 Å². The number of thioether (sulfide) groups is 1. The van der Waals surface area contributed by atoms with Gasteiger partial charge in [0, 0.05) is 16.9 Å². The molecule has 0 saturated carbocycles. The molecule has 0 aliphatic rings. The number of hydrogen-bond acceptors (Lipinski definition) is 4. The Kier molecular flexibility index (Phi) is 5.53. The van der Waals surface area contributed by atoms with Crippen LogP contribution in [0.3, 0.4) is 0 Å². The first-order valence-corrected chi connectivity index (χ1v) is 7.39. The molecule has 0 spiro atoms. The first-order chi connectivity index (χ1) is 8.00. The smallest absolute Gasteiger partial charge is 0.137 e. The predicted octanol–water partition coefficient (Wildman–Crippen LogP) is 3.64. The van der Waals surface area contributed by atoms with Gasteiger partial charge in [0.05, 0.1) is 0 Å². The molecule has 0 aromatic carbocycles. The fraction of sp³-hybridized carbons (Fsp3) is 0.667. The molecule has 3 nitrogen and oxygen atoms in total. The molecule has 0 radical (unpaired) electrons. The number of rotatable bonds is 6. The second kappa shape index (κ2) is 6.45. The van der Waals surface area contributed by atoms with Crippen LogP contribution in [-0.2, 0) is 6.42 Å². The Balaban J connectivity index is 2.80. The van der Waals surface area contributed by atoms with Gasteiger partial charge in [-0.25, -0.2) is 9.97 Å². The van der Waals surface area contributed by atoms with E-state index < -0.39 is 0 Å². The fourth-order valence-corrected chi connectivity index (χ4v) is 1.83. The van der Waals surface area contributed by atoms with E-state index >= 15 is 0 Å². The monoisotopic (exact) mass is 273 g/mol. The van der Waals surface area contributed by atoms with Crippen molar-refractivity contribution in [3.63, 3.8) is 0 Å². The van der Waals surface area contributed by atoms with Gasteiger partial charge in [-0.1, -0.05) is 24.9 Å². The summed E-state index contributed by atoms with van der Waals surface area (Å²) in [5.74, 6) is 0.869. The Bertz CT molecular complexity index is 369. The normalized spacial score (nSPS) is 11.6. The molecule has 0 aliphatic carbocycles. The van der Waals surface area contributed by atoms with Crippen molar-refractivity contribution in [2.45, 2.75) is 38.4 Å². The molecule has 1 rings (SSSR count). The fourth-order valence-electron chi connectivity index (χ4n) is 1.38. The summed E-state index contributed by atoms with van der Waals surface area (Å²) in [5, 5.41) is 3.94. The number of halogens is 1. The number of aromatic nitrogens is 2. The van der Waals surface area contributed by atoms with E-state index in [2.05, 4.69) is 42.3 Å². The minimum absolute atomic E-state index is 0.181. The molecule has 1 N–H and O–H groups in total. The van der Waals surface area contributed by atoms with Gasteiger partial charge in [0.25, 0.3) is 0 Å². The third kappa shape index (κ3) is 4.36. The second-order valence-corrected chi connectivity index (χ2v) is 6.43. The maximum Gasteiger partial charge on any atom is 0.137 e. The van der Waals surface area contributed by atoms with Gasteiger partial charge in [0.1, 0.15) is 17.3 Å². The number of hydrogen-bond donors (Lipinski definition) is 1. The summed E-state index contributed by atoms with van der Waals surface area (Å²) in [5.41, 5.74) is 1.02. The maximum absolute atomic E-state index is 6.10. The summed E-state index contributed by atoms with van der Waals surface area (Å²) in [6.07, 6.45) is 5.56. The average Bonchev–Trinajstić information content (AvgIpc) is 2.30. The van der Waals surface area contributed by atoms with E-state index in [0.717, 1.165) is 30.8 Å². The standard InChI is InChI=1S/C12H20ClN3S/c1-5-6-9-10(13)15-8-16-11(9)14-7-12(2,3)17-4/h8H,5-7H2,1-4H3,(H,14,15,16). The van der Waals surface area contributed by atoms with Gasteiger partial charge < -0.3 is 5.32 Å². The van der Waals surface area contributed by atoms with Gasteiger partial charge in [0.15, 0.2) is 0 Å². The predicted molar refractivity (Wildman–Crippen MR) is 77.1 cm³/mol. The zero-order valence-electron chi connectivity index (χ0n) is 10.9. The minimum atomic E-state index is 0.181. The quantitative estimate of drug-likeness (QED) is 0.803. The molecule has 1 aromatic rings. The van der Waals surface area contributed by atoms with Crippen LogP contribution in [0.25, 0.3) is 0 Å². The van der Waals surface area contributed by atoms with Crippen molar-refractivity contribution in [1.29, 1.82) is 0 Å². The van der Waals surface area contributed by atoms with Crippen LogP contribution < -0.4 is 5.32 Å². The molecule has 1 heterocycles. The van der Waals surface area contributed by atoms with E-state index in [0.29, 0.717) is 5.15 Å². The number of nitrogens with zero attached hydrogens (tertiary/aromatic N) is 2. The summed E-state index contributed by atoms with van der Waals surface area (Å²) in [6, 6.07) is 0. The summed E-state index contributed by atoms with van der Waals surface area (Å²) < 4.78 is 0.181. The van der Waals surface area contributed by atoms with Crippen molar-refractivity contribution in [1.82, 2.24) is 9.97 Å². The molecule has 96 valence electrons. The van der Waals surface area contributed by atoms with Crippen molar-refractivity contribution < 1.29 is 0 Å². The molecule has 0 atom stereocenters. The van der Waals surface area contributed by atoms with Gasteiger partial charge in [0.2, 0.25) is 0 Å². The molecular weight excluding hydrogens is 254 g/mol.